The number of aromatic hydroxyl groups is 1. The van der Waals surface area contributed by atoms with Gasteiger partial charge in [-0.2, -0.15) is 0 Å². The molecule has 4 aliphatic rings. The lowest BCUT2D eigenvalue weighted by Crippen LogP contribution is -2.59. The molecule has 7 rings (SSSR count). The van der Waals surface area contributed by atoms with Gasteiger partial charge >= 0.3 is 0 Å². The van der Waals surface area contributed by atoms with Gasteiger partial charge < -0.3 is 9.84 Å². The number of nitrogens with zero attached hydrogens (tertiary/aromatic N) is 1. The Hall–Kier alpha value is -4.78. The highest BCUT2D eigenvalue weighted by Crippen LogP contribution is 2.65. The Kier molecular flexibility index (Phi) is 7.34. The number of fused-ring (bicyclic) bond motifs is 4. The number of rotatable bonds is 5. The molecule has 0 bridgehead atoms. The van der Waals surface area contributed by atoms with Gasteiger partial charge in [0.1, 0.15) is 0 Å². The van der Waals surface area contributed by atoms with Crippen molar-refractivity contribution in [3.63, 3.8) is 0 Å². The van der Waals surface area contributed by atoms with Gasteiger partial charge in [0.15, 0.2) is 23.1 Å². The fraction of sp³-hybridized carbons (Fsp3) is 0.350. The molecule has 7 heteroatoms. The maximum atomic E-state index is 15.1. The highest BCUT2D eigenvalue weighted by atomic mass is 16.5. The second kappa shape index (κ2) is 11.2. The number of imide groups is 1. The maximum absolute atomic E-state index is 15.1. The minimum Gasteiger partial charge on any atom is -0.504 e. The number of phenols is 1. The van der Waals surface area contributed by atoms with Crippen molar-refractivity contribution in [1.29, 1.82) is 0 Å². The summed E-state index contributed by atoms with van der Waals surface area (Å²) < 4.78 is 5.81. The molecule has 0 aromatic heterocycles. The largest absolute Gasteiger partial charge is 0.504 e. The van der Waals surface area contributed by atoms with Crippen LogP contribution < -0.4 is 4.74 Å². The average Bonchev–Trinajstić information content (AvgIpc) is 3.33. The summed E-state index contributed by atoms with van der Waals surface area (Å²) in [4.78, 5) is 59.5. The highest BCUT2D eigenvalue weighted by molar-refractivity contribution is 6.31. The Morgan fingerprint density at radius 2 is 1.55 bits per heavy atom. The third-order valence-corrected chi connectivity index (χ3v) is 10.7. The van der Waals surface area contributed by atoms with Crippen LogP contribution in [0.2, 0.25) is 0 Å². The van der Waals surface area contributed by atoms with Crippen molar-refractivity contribution in [3.05, 3.63) is 113 Å². The zero-order valence-corrected chi connectivity index (χ0v) is 27.1. The summed E-state index contributed by atoms with van der Waals surface area (Å²) in [5, 5.41) is 11.8. The predicted octanol–water partition coefficient (Wildman–Crippen LogP) is 6.41. The summed E-state index contributed by atoms with van der Waals surface area (Å²) in [7, 11) is 0. The number of allylic oxidation sites excluding steroid dienone is 4. The van der Waals surface area contributed by atoms with E-state index in [4.69, 9.17) is 4.74 Å². The molecule has 3 aromatic rings. The maximum Gasteiger partial charge on any atom is 0.234 e. The molecule has 1 N–H and O–H groups in total. The summed E-state index contributed by atoms with van der Waals surface area (Å²) in [6.07, 6.45) is 4.04. The van der Waals surface area contributed by atoms with E-state index in [1.807, 2.05) is 94.4 Å². The van der Waals surface area contributed by atoms with Crippen molar-refractivity contribution in [1.82, 2.24) is 4.90 Å². The molecular weight excluding hydrogens is 590 g/mol. The second-order valence-electron chi connectivity index (χ2n) is 14.1. The Morgan fingerprint density at radius 1 is 0.872 bits per heavy atom. The number of hydrogen-bond acceptors (Lipinski definition) is 6. The van der Waals surface area contributed by atoms with Crippen molar-refractivity contribution in [3.8, 4) is 11.5 Å². The molecule has 0 spiro atoms. The standard InChI is InChI=1S/C40H39NO6/c1-5-47-31-18-12-17-27(36(31)44)34-25-19-20-26-33(38(46)41(37(26)45)39(2,3)4)29(25)21-30-35(43)28(23-13-8-6-9-14-23)22-32(42)40(30,34)24-15-10-7-11-16-24/h6-19,22,26,29-30,33-34,44H,5,20-21H2,1-4H3/t26-,29+,30-,33-,34+,40-/m0/s1. The molecule has 7 nitrogen and oxygen atoms in total. The SMILES string of the molecule is CCOc1cccc([C@H]2C3=CC[C@@H]4C(=O)N(C(C)(C)C)C(=O)[C@@H]4[C@@H]3C[C@H]3C(=O)C(c4ccccc4)=CC(=O)[C@@]23c2ccccc2)c1O. The first kappa shape index (κ1) is 30.9. The van der Waals surface area contributed by atoms with E-state index in [0.29, 0.717) is 35.3 Å². The molecule has 2 amide bonds. The smallest absolute Gasteiger partial charge is 0.234 e. The Labute approximate surface area is 274 Å². The first-order valence-electron chi connectivity index (χ1n) is 16.5. The summed E-state index contributed by atoms with van der Waals surface area (Å²) in [5.74, 6) is -4.07. The topological polar surface area (TPSA) is 101 Å². The molecule has 3 aliphatic carbocycles. The van der Waals surface area contributed by atoms with Gasteiger partial charge in [0.25, 0.3) is 0 Å². The van der Waals surface area contributed by atoms with Crippen LogP contribution in [0.5, 0.6) is 11.5 Å². The van der Waals surface area contributed by atoms with Crippen molar-refractivity contribution in [2.24, 2.45) is 23.7 Å². The van der Waals surface area contributed by atoms with Crippen LogP contribution in [0.15, 0.2) is 96.6 Å². The first-order valence-corrected chi connectivity index (χ1v) is 16.5. The minimum atomic E-state index is -1.41. The first-order chi connectivity index (χ1) is 22.5. The number of ether oxygens (including phenoxy) is 1. The Morgan fingerprint density at radius 3 is 2.21 bits per heavy atom. The molecular formula is C40H39NO6. The van der Waals surface area contributed by atoms with Crippen LogP contribution in [0.3, 0.4) is 0 Å². The minimum absolute atomic E-state index is 0.0969. The fourth-order valence-corrected chi connectivity index (χ4v) is 8.92. The number of likely N-dealkylation sites (tertiary alicyclic amines) is 1. The van der Waals surface area contributed by atoms with Gasteiger partial charge in [-0.25, -0.2) is 0 Å². The number of benzene rings is 3. The van der Waals surface area contributed by atoms with Crippen LogP contribution in [-0.2, 0) is 24.6 Å². The van der Waals surface area contributed by atoms with Crippen LogP contribution >= 0.6 is 0 Å². The second-order valence-corrected chi connectivity index (χ2v) is 14.1. The zero-order valence-electron chi connectivity index (χ0n) is 27.1. The van der Waals surface area contributed by atoms with E-state index in [0.717, 1.165) is 5.57 Å². The van der Waals surface area contributed by atoms with Crippen molar-refractivity contribution in [2.75, 3.05) is 6.61 Å². The predicted molar refractivity (Wildman–Crippen MR) is 177 cm³/mol. The molecule has 0 radical (unpaired) electrons. The van der Waals surface area contributed by atoms with E-state index in [1.54, 1.807) is 18.2 Å². The zero-order chi connectivity index (χ0) is 33.2. The summed E-state index contributed by atoms with van der Waals surface area (Å²) in [6.45, 7) is 7.72. The molecule has 2 fully saturated rings. The van der Waals surface area contributed by atoms with Crippen LogP contribution in [0.4, 0.5) is 0 Å². The van der Waals surface area contributed by atoms with Crippen LogP contribution in [0.1, 0.15) is 63.1 Å². The fourth-order valence-electron chi connectivity index (χ4n) is 8.92. The lowest BCUT2D eigenvalue weighted by Gasteiger charge is -2.55. The van der Waals surface area contributed by atoms with Gasteiger partial charge in [0.2, 0.25) is 11.8 Å². The summed E-state index contributed by atoms with van der Waals surface area (Å²) in [5.41, 5.74) is 0.805. The quantitative estimate of drug-likeness (QED) is 0.259. The average molecular weight is 630 g/mol. The van der Waals surface area contributed by atoms with Crippen LogP contribution in [0.25, 0.3) is 5.57 Å². The normalized spacial score (nSPS) is 28.7. The van der Waals surface area contributed by atoms with E-state index >= 15 is 4.79 Å². The number of para-hydroxylation sites is 1. The Balaban J connectivity index is 1.52. The monoisotopic (exact) mass is 629 g/mol. The number of carbonyl (C=O) groups is 4. The molecule has 1 aliphatic heterocycles. The van der Waals surface area contributed by atoms with Crippen molar-refractivity contribution in [2.45, 2.75) is 57.4 Å². The molecule has 1 heterocycles. The van der Waals surface area contributed by atoms with Crippen LogP contribution in [-0.4, -0.2) is 45.5 Å². The number of carbonyl (C=O) groups excluding carboxylic acids is 4. The van der Waals surface area contributed by atoms with Crippen LogP contribution in [0, 0.1) is 23.7 Å². The third kappa shape index (κ3) is 4.46. The van der Waals surface area contributed by atoms with Crippen molar-refractivity contribution < 1.29 is 29.0 Å². The number of amides is 2. The third-order valence-electron chi connectivity index (χ3n) is 10.7. The number of phenolic OH excluding ortho intramolecular Hbond substituents is 1. The van der Waals surface area contributed by atoms with E-state index in [2.05, 4.69) is 0 Å². The van der Waals surface area contributed by atoms with Crippen molar-refractivity contribution >= 4 is 29.0 Å². The van der Waals surface area contributed by atoms with E-state index < -0.39 is 40.5 Å². The summed E-state index contributed by atoms with van der Waals surface area (Å²) in [6, 6.07) is 23.8. The van der Waals surface area contributed by atoms with Gasteiger partial charge in [-0.15, -0.1) is 0 Å². The van der Waals surface area contributed by atoms with Gasteiger partial charge in [-0.3, -0.25) is 24.1 Å². The molecule has 1 saturated heterocycles. The van der Waals surface area contributed by atoms with E-state index in [9.17, 15) is 19.5 Å². The van der Waals surface area contributed by atoms with Gasteiger partial charge in [0.05, 0.1) is 23.9 Å². The summed E-state index contributed by atoms with van der Waals surface area (Å²) >= 11 is 0. The molecule has 1 saturated carbocycles. The van der Waals surface area contributed by atoms with Gasteiger partial charge in [-0.1, -0.05) is 84.4 Å². The van der Waals surface area contributed by atoms with E-state index in [1.165, 1.54) is 11.0 Å². The van der Waals surface area contributed by atoms with E-state index in [-0.39, 0.29) is 41.3 Å². The number of hydrogen-bond donors (Lipinski definition) is 1. The molecule has 240 valence electrons. The lowest BCUT2D eigenvalue weighted by atomic mass is 9.44. The molecule has 6 atom stereocenters. The number of ketones is 2. The molecule has 0 unspecified atom stereocenters. The lowest BCUT2D eigenvalue weighted by molar-refractivity contribution is -0.145. The molecule has 3 aromatic carbocycles. The molecule has 47 heavy (non-hydrogen) atoms. The van der Waals surface area contributed by atoms with Gasteiger partial charge in [0, 0.05) is 28.5 Å². The highest BCUT2D eigenvalue weighted by Gasteiger charge is 2.66. The van der Waals surface area contributed by atoms with Gasteiger partial charge in [-0.05, 0) is 69.7 Å². The number of Topliss-reactive ketones (excluding diaryl/α,β-unsaturated/α-hetero) is 1. The Bertz CT molecular complexity index is 1850.